The Bertz CT molecular complexity index is 1440. The lowest BCUT2D eigenvalue weighted by Crippen LogP contribution is -2.49. The fraction of sp³-hybridized carbons (Fsp3) is 0.314. The van der Waals surface area contributed by atoms with Crippen LogP contribution in [0.5, 0.6) is 0 Å². The number of rotatable bonds is 9. The molecule has 0 spiro atoms. The number of piperazine rings is 1. The van der Waals surface area contributed by atoms with Gasteiger partial charge < -0.3 is 19.9 Å². The average molecular weight is 579 g/mol. The van der Waals surface area contributed by atoms with Crippen LogP contribution in [0.4, 0.5) is 5.69 Å². The Morgan fingerprint density at radius 3 is 2.23 bits per heavy atom. The summed E-state index contributed by atoms with van der Waals surface area (Å²) in [6.07, 6.45) is 3.25. The second kappa shape index (κ2) is 14.0. The van der Waals surface area contributed by atoms with Gasteiger partial charge in [-0.2, -0.15) is 0 Å². The van der Waals surface area contributed by atoms with Crippen LogP contribution in [0.3, 0.4) is 0 Å². The number of anilines is 1. The molecular formula is C35H38N4O4. The summed E-state index contributed by atoms with van der Waals surface area (Å²) in [4.78, 5) is 21.6. The first kappa shape index (κ1) is 29.2. The zero-order chi connectivity index (χ0) is 29.4. The highest BCUT2D eigenvalue weighted by Crippen LogP contribution is 2.38. The van der Waals surface area contributed by atoms with Gasteiger partial charge in [-0.15, -0.1) is 0 Å². The number of benzene rings is 3. The number of amides is 1. The summed E-state index contributed by atoms with van der Waals surface area (Å²) in [7, 11) is 0. The van der Waals surface area contributed by atoms with Gasteiger partial charge in [0.05, 0.1) is 24.4 Å². The van der Waals surface area contributed by atoms with Crippen LogP contribution in [0, 0.1) is 0 Å². The van der Waals surface area contributed by atoms with Gasteiger partial charge in [0.15, 0.2) is 6.29 Å². The molecule has 0 aliphatic carbocycles. The number of aliphatic hydroxyl groups excluding tert-OH is 1. The van der Waals surface area contributed by atoms with Crippen LogP contribution < -0.4 is 5.32 Å². The molecule has 3 heterocycles. The zero-order valence-corrected chi connectivity index (χ0v) is 24.2. The largest absolute Gasteiger partial charge is 0.392 e. The van der Waals surface area contributed by atoms with E-state index in [2.05, 4.69) is 50.4 Å². The maximum atomic E-state index is 12.6. The minimum absolute atomic E-state index is 0.00750. The SMILES string of the molecule is O=C(Nc1ccc([C@@H]2O[C@H](CN3CCN(Cc4ccccc4)CC3)C[C@H](c3ccc(CO)cc3)O2)cc1)c1cccnc1. The lowest BCUT2D eigenvalue weighted by molar-refractivity contribution is -0.253. The molecule has 2 saturated heterocycles. The number of carbonyl (C=O) groups is 1. The lowest BCUT2D eigenvalue weighted by atomic mass is 9.99. The van der Waals surface area contributed by atoms with E-state index < -0.39 is 6.29 Å². The monoisotopic (exact) mass is 578 g/mol. The summed E-state index contributed by atoms with van der Waals surface area (Å²) in [6, 6.07) is 29.7. The zero-order valence-electron chi connectivity index (χ0n) is 24.2. The number of hydrogen-bond acceptors (Lipinski definition) is 7. The Balaban J connectivity index is 1.11. The van der Waals surface area contributed by atoms with Crippen molar-refractivity contribution in [3.05, 3.63) is 131 Å². The van der Waals surface area contributed by atoms with E-state index in [-0.39, 0.29) is 24.7 Å². The number of nitrogens with one attached hydrogen (secondary N) is 1. The van der Waals surface area contributed by atoms with Gasteiger partial charge in [0.2, 0.25) is 0 Å². The van der Waals surface area contributed by atoms with Gasteiger partial charge in [0.25, 0.3) is 5.91 Å². The van der Waals surface area contributed by atoms with E-state index in [4.69, 9.17) is 9.47 Å². The van der Waals surface area contributed by atoms with Gasteiger partial charge in [0.1, 0.15) is 0 Å². The van der Waals surface area contributed by atoms with Crippen LogP contribution in [0.25, 0.3) is 0 Å². The molecule has 0 bridgehead atoms. The standard InChI is InChI=1S/C35H38N4O4/c40-25-27-8-10-28(11-9-27)33-21-32(24-39-19-17-38(18-20-39)23-26-5-2-1-3-6-26)42-35(43-33)29-12-14-31(15-13-29)37-34(41)30-7-4-16-36-22-30/h1-16,22,32-33,35,40H,17-21,23-25H2,(H,37,41)/t32-,33+,35+/m0/s1. The van der Waals surface area contributed by atoms with E-state index >= 15 is 0 Å². The molecule has 8 heteroatoms. The summed E-state index contributed by atoms with van der Waals surface area (Å²) in [5.74, 6) is -0.207. The highest BCUT2D eigenvalue weighted by Gasteiger charge is 2.33. The highest BCUT2D eigenvalue weighted by atomic mass is 16.7. The number of carbonyl (C=O) groups excluding carboxylic acids is 1. The Hall–Kier alpha value is -3.92. The Kier molecular flexibility index (Phi) is 9.52. The Morgan fingerprint density at radius 1 is 0.814 bits per heavy atom. The van der Waals surface area contributed by atoms with Crippen molar-refractivity contribution in [1.29, 1.82) is 0 Å². The van der Waals surface area contributed by atoms with Gasteiger partial charge in [-0.1, -0.05) is 66.7 Å². The first-order chi connectivity index (χ1) is 21.1. The molecule has 0 unspecified atom stereocenters. The van der Waals surface area contributed by atoms with Gasteiger partial charge in [-0.25, -0.2) is 0 Å². The maximum absolute atomic E-state index is 12.6. The van der Waals surface area contributed by atoms with Crippen molar-refractivity contribution in [1.82, 2.24) is 14.8 Å². The van der Waals surface area contributed by atoms with E-state index in [9.17, 15) is 9.90 Å². The fourth-order valence-electron chi connectivity index (χ4n) is 5.72. The molecule has 3 aromatic carbocycles. The quantitative estimate of drug-likeness (QED) is 0.283. The molecule has 6 rings (SSSR count). The van der Waals surface area contributed by atoms with Crippen LogP contribution >= 0.6 is 0 Å². The number of ether oxygens (including phenoxy) is 2. The first-order valence-electron chi connectivity index (χ1n) is 14.9. The number of nitrogens with zero attached hydrogens (tertiary/aromatic N) is 3. The van der Waals surface area contributed by atoms with Crippen molar-refractivity contribution in [3.63, 3.8) is 0 Å². The molecule has 2 fully saturated rings. The molecule has 1 aromatic heterocycles. The predicted molar refractivity (Wildman–Crippen MR) is 165 cm³/mol. The molecule has 3 atom stereocenters. The van der Waals surface area contributed by atoms with E-state index in [0.717, 1.165) is 62.4 Å². The van der Waals surface area contributed by atoms with Gasteiger partial charge >= 0.3 is 0 Å². The van der Waals surface area contributed by atoms with Crippen LogP contribution in [-0.4, -0.2) is 64.6 Å². The molecule has 2 aliphatic heterocycles. The maximum Gasteiger partial charge on any atom is 0.257 e. The van der Waals surface area contributed by atoms with E-state index in [1.54, 1.807) is 24.5 Å². The predicted octanol–water partition coefficient (Wildman–Crippen LogP) is 5.19. The second-order valence-electron chi connectivity index (χ2n) is 11.2. The molecule has 2 aliphatic rings. The van der Waals surface area contributed by atoms with E-state index in [0.29, 0.717) is 11.3 Å². The van der Waals surface area contributed by atoms with Gasteiger partial charge in [0, 0.05) is 69.3 Å². The van der Waals surface area contributed by atoms with Crippen molar-refractivity contribution in [2.45, 2.75) is 38.1 Å². The molecule has 222 valence electrons. The lowest BCUT2D eigenvalue weighted by Gasteiger charge is -2.40. The normalized spacial score (nSPS) is 21.4. The van der Waals surface area contributed by atoms with Crippen LogP contribution in [0.1, 0.15) is 51.4 Å². The molecule has 1 amide bonds. The fourth-order valence-corrected chi connectivity index (χ4v) is 5.72. The minimum atomic E-state index is -0.538. The smallest absolute Gasteiger partial charge is 0.257 e. The number of aliphatic hydroxyl groups is 1. The molecule has 43 heavy (non-hydrogen) atoms. The molecule has 4 aromatic rings. The molecule has 0 radical (unpaired) electrons. The summed E-state index contributed by atoms with van der Waals surface area (Å²) < 4.78 is 13.1. The second-order valence-corrected chi connectivity index (χ2v) is 11.2. The molecule has 2 N–H and O–H groups in total. The summed E-state index contributed by atoms with van der Waals surface area (Å²) >= 11 is 0. The minimum Gasteiger partial charge on any atom is -0.392 e. The van der Waals surface area contributed by atoms with Crippen molar-refractivity contribution < 1.29 is 19.4 Å². The van der Waals surface area contributed by atoms with E-state index in [1.807, 2.05) is 48.5 Å². The number of hydrogen-bond donors (Lipinski definition) is 2. The Morgan fingerprint density at radius 2 is 1.53 bits per heavy atom. The summed E-state index contributed by atoms with van der Waals surface area (Å²) in [6.45, 7) is 5.89. The van der Waals surface area contributed by atoms with Crippen molar-refractivity contribution in [3.8, 4) is 0 Å². The summed E-state index contributed by atoms with van der Waals surface area (Å²) in [5, 5.41) is 12.4. The first-order valence-corrected chi connectivity index (χ1v) is 14.9. The topological polar surface area (TPSA) is 87.2 Å². The van der Waals surface area contributed by atoms with Crippen molar-refractivity contribution in [2.75, 3.05) is 38.0 Å². The summed E-state index contributed by atoms with van der Waals surface area (Å²) in [5.41, 5.74) is 5.39. The van der Waals surface area contributed by atoms with Crippen molar-refractivity contribution >= 4 is 11.6 Å². The third-order valence-corrected chi connectivity index (χ3v) is 8.16. The Labute approximate surface area is 252 Å². The number of pyridine rings is 1. The van der Waals surface area contributed by atoms with Crippen LogP contribution in [-0.2, 0) is 22.6 Å². The third kappa shape index (κ3) is 7.73. The molecule has 0 saturated carbocycles. The van der Waals surface area contributed by atoms with Gasteiger partial charge in [-0.05, 0) is 41.0 Å². The van der Waals surface area contributed by atoms with E-state index in [1.165, 1.54) is 5.56 Å². The molecular weight excluding hydrogens is 540 g/mol. The molecule has 8 nitrogen and oxygen atoms in total. The van der Waals surface area contributed by atoms with Crippen LogP contribution in [0.2, 0.25) is 0 Å². The van der Waals surface area contributed by atoms with Gasteiger partial charge in [-0.3, -0.25) is 19.6 Å². The van der Waals surface area contributed by atoms with Crippen LogP contribution in [0.15, 0.2) is 103 Å². The average Bonchev–Trinajstić information content (AvgIpc) is 3.07. The van der Waals surface area contributed by atoms with Crippen molar-refractivity contribution in [2.24, 2.45) is 0 Å². The third-order valence-electron chi connectivity index (χ3n) is 8.16. The number of aromatic nitrogens is 1. The highest BCUT2D eigenvalue weighted by molar-refractivity contribution is 6.04.